The molecule has 1 spiro atoms. The minimum absolute atomic E-state index is 0.159. The molecule has 0 aromatic heterocycles. The molecule has 3 aliphatic rings. The summed E-state index contributed by atoms with van der Waals surface area (Å²) in [5.74, 6) is 0.159. The molecule has 146 valence electrons. The molecule has 1 amide bonds. The number of likely N-dealkylation sites (tertiary alicyclic amines) is 1. The molecule has 2 aliphatic heterocycles. The molecule has 1 aromatic carbocycles. The number of hydrogen-bond acceptors (Lipinski definition) is 3. The second kappa shape index (κ2) is 8.47. The van der Waals surface area contributed by atoms with Gasteiger partial charge in [0, 0.05) is 38.2 Å². The van der Waals surface area contributed by atoms with Gasteiger partial charge in [-0.1, -0.05) is 49.1 Å². The molecule has 0 unspecified atom stereocenters. The summed E-state index contributed by atoms with van der Waals surface area (Å²) >= 11 is 0. The SMILES string of the molecule is O=C1CN(c2ccccc2)C2(CCN(C/C3=C/CCCCCCC3)CC2)N1. The number of rotatable bonds is 3. The van der Waals surface area contributed by atoms with Crippen molar-refractivity contribution in [2.24, 2.45) is 0 Å². The zero-order valence-corrected chi connectivity index (χ0v) is 16.5. The molecule has 0 saturated carbocycles. The summed E-state index contributed by atoms with van der Waals surface area (Å²) < 4.78 is 0. The monoisotopic (exact) mass is 367 g/mol. The standard InChI is InChI=1S/C23H33N3O/c27-22-19-26(21-12-8-5-9-13-21)23(24-22)14-16-25(17-15-23)18-20-10-6-3-1-2-4-7-11-20/h5,8-10,12-13H,1-4,6-7,11,14-19H2,(H,24,27)/b20-10+. The molecule has 1 aliphatic carbocycles. The predicted molar refractivity (Wildman–Crippen MR) is 111 cm³/mol. The normalized spacial score (nSPS) is 26.0. The number of anilines is 1. The first-order valence-electron chi connectivity index (χ1n) is 10.8. The number of carbonyl (C=O) groups is 1. The Bertz CT molecular complexity index is 661. The molecule has 2 heterocycles. The van der Waals surface area contributed by atoms with Crippen LogP contribution in [-0.2, 0) is 4.79 Å². The lowest BCUT2D eigenvalue weighted by Crippen LogP contribution is -2.58. The summed E-state index contributed by atoms with van der Waals surface area (Å²) in [5.41, 5.74) is 2.60. The van der Waals surface area contributed by atoms with Crippen LogP contribution >= 0.6 is 0 Å². The second-order valence-corrected chi connectivity index (χ2v) is 8.45. The average molecular weight is 368 g/mol. The van der Waals surface area contributed by atoms with Crippen LogP contribution in [0.5, 0.6) is 0 Å². The van der Waals surface area contributed by atoms with Crippen LogP contribution < -0.4 is 10.2 Å². The van der Waals surface area contributed by atoms with Gasteiger partial charge in [0.15, 0.2) is 0 Å². The fourth-order valence-corrected chi connectivity index (χ4v) is 4.95. The highest BCUT2D eigenvalue weighted by Crippen LogP contribution is 2.34. The fraction of sp³-hybridized carbons (Fsp3) is 0.609. The van der Waals surface area contributed by atoms with Crippen LogP contribution in [0.3, 0.4) is 0 Å². The molecule has 1 aromatic rings. The van der Waals surface area contributed by atoms with E-state index in [1.165, 1.54) is 44.9 Å². The maximum Gasteiger partial charge on any atom is 0.241 e. The Morgan fingerprint density at radius 3 is 2.52 bits per heavy atom. The number of para-hydroxylation sites is 1. The van der Waals surface area contributed by atoms with E-state index in [4.69, 9.17) is 0 Å². The van der Waals surface area contributed by atoms with Crippen molar-refractivity contribution >= 4 is 11.6 Å². The third-order valence-electron chi connectivity index (χ3n) is 6.50. The molecule has 0 radical (unpaired) electrons. The third kappa shape index (κ3) is 4.37. The van der Waals surface area contributed by atoms with E-state index in [2.05, 4.69) is 45.5 Å². The fourth-order valence-electron chi connectivity index (χ4n) is 4.95. The highest BCUT2D eigenvalue weighted by Gasteiger charge is 2.46. The summed E-state index contributed by atoms with van der Waals surface area (Å²) in [6.45, 7) is 3.71. The molecule has 2 fully saturated rings. The van der Waals surface area contributed by atoms with Crippen molar-refractivity contribution in [3.05, 3.63) is 42.0 Å². The highest BCUT2D eigenvalue weighted by molar-refractivity contribution is 5.86. The van der Waals surface area contributed by atoms with Gasteiger partial charge >= 0.3 is 0 Å². The zero-order chi connectivity index (χ0) is 18.5. The average Bonchev–Trinajstić information content (AvgIpc) is 3.07. The lowest BCUT2D eigenvalue weighted by atomic mass is 9.94. The molecular weight excluding hydrogens is 334 g/mol. The minimum Gasteiger partial charge on any atom is -0.339 e. The van der Waals surface area contributed by atoms with Gasteiger partial charge in [-0.15, -0.1) is 0 Å². The Labute approximate surface area is 163 Å². The quantitative estimate of drug-likeness (QED) is 0.818. The van der Waals surface area contributed by atoms with Crippen molar-refractivity contribution in [3.8, 4) is 0 Å². The number of carbonyl (C=O) groups excluding carboxylic acids is 1. The highest BCUT2D eigenvalue weighted by atomic mass is 16.2. The van der Waals surface area contributed by atoms with Crippen molar-refractivity contribution in [2.75, 3.05) is 31.1 Å². The second-order valence-electron chi connectivity index (χ2n) is 8.45. The third-order valence-corrected chi connectivity index (χ3v) is 6.50. The maximum atomic E-state index is 12.2. The smallest absolute Gasteiger partial charge is 0.241 e. The van der Waals surface area contributed by atoms with Crippen molar-refractivity contribution in [1.82, 2.24) is 10.2 Å². The zero-order valence-electron chi connectivity index (χ0n) is 16.5. The summed E-state index contributed by atoms with van der Waals surface area (Å²) in [6, 6.07) is 10.4. The Balaban J connectivity index is 1.39. The molecule has 4 rings (SSSR count). The van der Waals surface area contributed by atoms with Crippen LogP contribution in [0.2, 0.25) is 0 Å². The van der Waals surface area contributed by atoms with E-state index >= 15 is 0 Å². The molecule has 0 atom stereocenters. The summed E-state index contributed by atoms with van der Waals surface area (Å²) in [5, 5.41) is 3.31. The number of benzene rings is 1. The molecule has 0 bridgehead atoms. The van der Waals surface area contributed by atoms with Gasteiger partial charge in [-0.3, -0.25) is 9.69 Å². The number of allylic oxidation sites excluding steroid dienone is 1. The summed E-state index contributed by atoms with van der Waals surface area (Å²) in [6.07, 6.45) is 13.9. The van der Waals surface area contributed by atoms with Crippen LogP contribution in [-0.4, -0.2) is 42.6 Å². The van der Waals surface area contributed by atoms with E-state index in [9.17, 15) is 4.79 Å². The van der Waals surface area contributed by atoms with E-state index in [1.54, 1.807) is 5.57 Å². The molecular formula is C23H33N3O. The number of nitrogens with one attached hydrogen (secondary N) is 1. The van der Waals surface area contributed by atoms with Crippen LogP contribution in [0.1, 0.15) is 57.8 Å². The van der Waals surface area contributed by atoms with E-state index in [-0.39, 0.29) is 11.6 Å². The molecule has 4 nitrogen and oxygen atoms in total. The van der Waals surface area contributed by atoms with E-state index in [0.717, 1.165) is 38.2 Å². The Kier molecular flexibility index (Phi) is 5.82. The van der Waals surface area contributed by atoms with Crippen LogP contribution in [0, 0.1) is 0 Å². The van der Waals surface area contributed by atoms with Gasteiger partial charge in [0.05, 0.1) is 6.54 Å². The minimum atomic E-state index is -0.193. The predicted octanol–water partition coefficient (Wildman–Crippen LogP) is 4.09. The van der Waals surface area contributed by atoms with Gasteiger partial charge in [-0.25, -0.2) is 0 Å². The Morgan fingerprint density at radius 1 is 0.963 bits per heavy atom. The number of nitrogens with zero attached hydrogens (tertiary/aromatic N) is 2. The number of amides is 1. The molecule has 27 heavy (non-hydrogen) atoms. The van der Waals surface area contributed by atoms with Gasteiger partial charge in [-0.05, 0) is 37.8 Å². The summed E-state index contributed by atoms with van der Waals surface area (Å²) in [4.78, 5) is 17.1. The van der Waals surface area contributed by atoms with Gasteiger partial charge in [0.1, 0.15) is 5.66 Å². The number of hydrogen-bond donors (Lipinski definition) is 1. The van der Waals surface area contributed by atoms with Crippen LogP contribution in [0.15, 0.2) is 42.0 Å². The van der Waals surface area contributed by atoms with Gasteiger partial charge in [-0.2, -0.15) is 0 Å². The first-order valence-corrected chi connectivity index (χ1v) is 10.8. The Morgan fingerprint density at radius 2 is 1.70 bits per heavy atom. The first kappa shape index (κ1) is 18.5. The largest absolute Gasteiger partial charge is 0.339 e. The van der Waals surface area contributed by atoms with Gasteiger partial charge in [0.2, 0.25) is 5.91 Å². The van der Waals surface area contributed by atoms with Crippen molar-refractivity contribution in [2.45, 2.75) is 63.5 Å². The van der Waals surface area contributed by atoms with Crippen LogP contribution in [0.25, 0.3) is 0 Å². The van der Waals surface area contributed by atoms with E-state index in [0.29, 0.717) is 6.54 Å². The molecule has 1 N–H and O–H groups in total. The molecule has 4 heteroatoms. The Hall–Kier alpha value is -1.81. The van der Waals surface area contributed by atoms with Crippen molar-refractivity contribution in [3.63, 3.8) is 0 Å². The van der Waals surface area contributed by atoms with Crippen molar-refractivity contribution in [1.29, 1.82) is 0 Å². The first-order chi connectivity index (χ1) is 13.3. The number of piperidine rings is 1. The summed E-state index contributed by atoms with van der Waals surface area (Å²) in [7, 11) is 0. The van der Waals surface area contributed by atoms with E-state index in [1.807, 2.05) is 6.07 Å². The maximum absolute atomic E-state index is 12.2. The van der Waals surface area contributed by atoms with Crippen molar-refractivity contribution < 1.29 is 4.79 Å². The topological polar surface area (TPSA) is 35.6 Å². The lowest BCUT2D eigenvalue weighted by molar-refractivity contribution is -0.119. The van der Waals surface area contributed by atoms with Gasteiger partial charge in [0.25, 0.3) is 0 Å². The lowest BCUT2D eigenvalue weighted by Gasteiger charge is -2.45. The van der Waals surface area contributed by atoms with Gasteiger partial charge < -0.3 is 10.2 Å². The molecule has 2 saturated heterocycles. The van der Waals surface area contributed by atoms with Crippen LogP contribution in [0.4, 0.5) is 5.69 Å². The van der Waals surface area contributed by atoms with E-state index < -0.39 is 0 Å².